The highest BCUT2D eigenvalue weighted by molar-refractivity contribution is 5.29. The molecule has 96 valence electrons. The maximum atomic E-state index is 13.4. The fourth-order valence-corrected chi connectivity index (χ4v) is 1.37. The third-order valence-electron chi connectivity index (χ3n) is 2.22. The molecule has 0 bridgehead atoms. The molecular weight excluding hydrogens is 225 g/mol. The Morgan fingerprint density at radius 2 is 2.24 bits per heavy atom. The van der Waals surface area contributed by atoms with Crippen LogP contribution in [0.1, 0.15) is 12.5 Å². The van der Waals surface area contributed by atoms with Crippen molar-refractivity contribution in [2.75, 3.05) is 19.8 Å². The first-order chi connectivity index (χ1) is 8.17. The molecule has 3 N–H and O–H groups in total. The van der Waals surface area contributed by atoms with Crippen molar-refractivity contribution < 1.29 is 19.3 Å². The van der Waals surface area contributed by atoms with Gasteiger partial charge in [0.25, 0.3) is 0 Å². The van der Waals surface area contributed by atoms with Crippen molar-refractivity contribution in [3.8, 4) is 5.75 Å². The third-order valence-corrected chi connectivity index (χ3v) is 2.22. The fraction of sp³-hybridized carbons (Fsp3) is 0.500. The van der Waals surface area contributed by atoms with Gasteiger partial charge in [-0.05, 0) is 24.6 Å². The molecule has 5 heteroatoms. The second kappa shape index (κ2) is 7.21. The van der Waals surface area contributed by atoms with Crippen molar-refractivity contribution in [1.82, 2.24) is 5.32 Å². The van der Waals surface area contributed by atoms with Gasteiger partial charge < -0.3 is 20.3 Å². The maximum absolute atomic E-state index is 13.4. The smallest absolute Gasteiger partial charge is 0.165 e. The Kier molecular flexibility index (Phi) is 5.90. The van der Waals surface area contributed by atoms with Crippen LogP contribution in [0.3, 0.4) is 0 Å². The summed E-state index contributed by atoms with van der Waals surface area (Å²) >= 11 is 0. The van der Waals surface area contributed by atoms with E-state index in [-0.39, 0.29) is 18.9 Å². The number of hydrogen-bond acceptors (Lipinski definition) is 4. The number of benzene rings is 1. The molecule has 0 aliphatic carbocycles. The van der Waals surface area contributed by atoms with Gasteiger partial charge in [-0.25, -0.2) is 4.39 Å². The van der Waals surface area contributed by atoms with E-state index in [1.165, 1.54) is 6.07 Å². The molecule has 0 saturated heterocycles. The summed E-state index contributed by atoms with van der Waals surface area (Å²) in [4.78, 5) is 0. The number of halogens is 1. The summed E-state index contributed by atoms with van der Waals surface area (Å²) in [7, 11) is 0. The van der Waals surface area contributed by atoms with Gasteiger partial charge in [0.2, 0.25) is 0 Å². The van der Waals surface area contributed by atoms with Crippen LogP contribution in [0.25, 0.3) is 0 Å². The molecule has 1 aromatic carbocycles. The summed E-state index contributed by atoms with van der Waals surface area (Å²) in [6, 6.07) is 4.73. The molecule has 0 spiro atoms. The van der Waals surface area contributed by atoms with E-state index in [1.807, 2.05) is 0 Å². The highest BCUT2D eigenvalue weighted by Crippen LogP contribution is 2.18. The van der Waals surface area contributed by atoms with E-state index in [0.717, 1.165) is 5.56 Å². The topological polar surface area (TPSA) is 61.7 Å². The van der Waals surface area contributed by atoms with Crippen LogP contribution in [0.5, 0.6) is 5.75 Å². The minimum Gasteiger partial charge on any atom is -0.491 e. The van der Waals surface area contributed by atoms with Crippen LogP contribution >= 0.6 is 0 Å². The molecule has 1 atom stereocenters. The van der Waals surface area contributed by atoms with Gasteiger partial charge in [0.05, 0.1) is 19.3 Å². The molecule has 0 saturated carbocycles. The van der Waals surface area contributed by atoms with Crippen molar-refractivity contribution in [2.24, 2.45) is 0 Å². The van der Waals surface area contributed by atoms with E-state index >= 15 is 0 Å². The van der Waals surface area contributed by atoms with E-state index in [9.17, 15) is 4.39 Å². The van der Waals surface area contributed by atoms with Gasteiger partial charge in [-0.3, -0.25) is 0 Å². The van der Waals surface area contributed by atoms with E-state index in [4.69, 9.17) is 14.9 Å². The lowest BCUT2D eigenvalue weighted by atomic mass is 10.2. The first-order valence-electron chi connectivity index (χ1n) is 5.58. The predicted octanol–water partition coefficient (Wildman–Crippen LogP) is 0.667. The van der Waals surface area contributed by atoms with Gasteiger partial charge in [-0.15, -0.1) is 0 Å². The van der Waals surface area contributed by atoms with E-state index in [1.54, 1.807) is 19.1 Å². The molecule has 0 aromatic heterocycles. The SMILES string of the molecule is CCOc1ccc(CNCC(O)CO)cc1F. The Labute approximate surface area is 100 Å². The molecule has 17 heavy (non-hydrogen) atoms. The molecule has 0 aliphatic rings. The van der Waals surface area contributed by atoms with E-state index < -0.39 is 11.9 Å². The van der Waals surface area contributed by atoms with Gasteiger partial charge in [-0.1, -0.05) is 6.07 Å². The molecule has 0 amide bonds. The zero-order valence-electron chi connectivity index (χ0n) is 9.82. The van der Waals surface area contributed by atoms with Gasteiger partial charge in [-0.2, -0.15) is 0 Å². The molecular formula is C12H18FNO3. The third kappa shape index (κ3) is 4.68. The molecule has 0 radical (unpaired) electrons. The molecule has 1 unspecified atom stereocenters. The molecule has 0 heterocycles. The van der Waals surface area contributed by atoms with Crippen LogP contribution in [0, 0.1) is 5.82 Å². The lowest BCUT2D eigenvalue weighted by Crippen LogP contribution is -2.28. The summed E-state index contributed by atoms with van der Waals surface area (Å²) in [6.45, 7) is 2.64. The summed E-state index contributed by atoms with van der Waals surface area (Å²) < 4.78 is 18.5. The minimum atomic E-state index is -0.789. The quantitative estimate of drug-likeness (QED) is 0.658. The standard InChI is InChI=1S/C12H18FNO3/c1-2-17-12-4-3-9(5-11(12)13)6-14-7-10(16)8-15/h3-5,10,14-16H,2,6-8H2,1H3. The first-order valence-corrected chi connectivity index (χ1v) is 5.58. The van der Waals surface area contributed by atoms with Gasteiger partial charge in [0, 0.05) is 13.1 Å². The second-order valence-electron chi connectivity index (χ2n) is 3.67. The number of aliphatic hydroxyl groups is 2. The first kappa shape index (κ1) is 13.9. The molecule has 1 rings (SSSR count). The Hall–Kier alpha value is -1.17. The lowest BCUT2D eigenvalue weighted by Gasteiger charge is -2.10. The van der Waals surface area contributed by atoms with Crippen LogP contribution in [0.4, 0.5) is 4.39 Å². The van der Waals surface area contributed by atoms with Crippen LogP contribution in [-0.4, -0.2) is 36.1 Å². The van der Waals surface area contributed by atoms with Crippen molar-refractivity contribution in [3.63, 3.8) is 0 Å². The summed E-state index contributed by atoms with van der Waals surface area (Å²) in [6.07, 6.45) is -0.789. The zero-order valence-corrected chi connectivity index (χ0v) is 9.82. The largest absolute Gasteiger partial charge is 0.491 e. The van der Waals surface area contributed by atoms with Crippen molar-refractivity contribution in [3.05, 3.63) is 29.6 Å². The highest BCUT2D eigenvalue weighted by atomic mass is 19.1. The van der Waals surface area contributed by atoms with E-state index in [2.05, 4.69) is 5.32 Å². The number of rotatable bonds is 7. The van der Waals surface area contributed by atoms with Crippen molar-refractivity contribution in [1.29, 1.82) is 0 Å². The number of nitrogens with one attached hydrogen (secondary N) is 1. The average Bonchev–Trinajstić information content (AvgIpc) is 2.32. The fourth-order valence-electron chi connectivity index (χ4n) is 1.37. The zero-order chi connectivity index (χ0) is 12.7. The van der Waals surface area contributed by atoms with Gasteiger partial charge in [0.15, 0.2) is 11.6 Å². The van der Waals surface area contributed by atoms with Crippen LogP contribution < -0.4 is 10.1 Å². The normalized spacial score (nSPS) is 12.5. The monoisotopic (exact) mass is 243 g/mol. The molecule has 0 fully saturated rings. The van der Waals surface area contributed by atoms with E-state index in [0.29, 0.717) is 13.2 Å². The van der Waals surface area contributed by atoms with Crippen LogP contribution in [0.2, 0.25) is 0 Å². The number of ether oxygens (including phenoxy) is 1. The summed E-state index contributed by atoms with van der Waals surface area (Å²) in [5.74, 6) is -0.152. The molecule has 1 aromatic rings. The Balaban J connectivity index is 2.47. The number of aliphatic hydroxyl groups excluding tert-OH is 2. The minimum absolute atomic E-state index is 0.242. The predicted molar refractivity (Wildman–Crippen MR) is 62.4 cm³/mol. The van der Waals surface area contributed by atoms with Gasteiger partial charge in [0.1, 0.15) is 0 Å². The van der Waals surface area contributed by atoms with Crippen LogP contribution in [-0.2, 0) is 6.54 Å². The molecule has 0 aliphatic heterocycles. The lowest BCUT2D eigenvalue weighted by molar-refractivity contribution is 0.0942. The highest BCUT2D eigenvalue weighted by Gasteiger charge is 2.05. The second-order valence-corrected chi connectivity index (χ2v) is 3.67. The van der Waals surface area contributed by atoms with Crippen molar-refractivity contribution >= 4 is 0 Å². The summed E-state index contributed by atoms with van der Waals surface area (Å²) in [5.41, 5.74) is 0.760. The van der Waals surface area contributed by atoms with Crippen LogP contribution in [0.15, 0.2) is 18.2 Å². The summed E-state index contributed by atoms with van der Waals surface area (Å²) in [5, 5.41) is 20.6. The Morgan fingerprint density at radius 3 is 2.82 bits per heavy atom. The maximum Gasteiger partial charge on any atom is 0.165 e. The Morgan fingerprint density at radius 1 is 1.47 bits per heavy atom. The molecule has 4 nitrogen and oxygen atoms in total. The Bertz CT molecular complexity index is 347. The van der Waals surface area contributed by atoms with Crippen molar-refractivity contribution in [2.45, 2.75) is 19.6 Å². The van der Waals surface area contributed by atoms with Gasteiger partial charge >= 0.3 is 0 Å². The average molecular weight is 243 g/mol. The number of hydrogen-bond donors (Lipinski definition) is 3.